The summed E-state index contributed by atoms with van der Waals surface area (Å²) < 4.78 is 1.70. The molecule has 0 aliphatic rings. The molecule has 0 aliphatic carbocycles. The number of hydrogen-bond acceptors (Lipinski definition) is 3. The molecule has 1 unspecified atom stereocenters. The molecule has 0 bridgehead atoms. The van der Waals surface area contributed by atoms with Crippen molar-refractivity contribution in [2.75, 3.05) is 11.2 Å². The normalized spacial score (nSPS) is 13.0. The van der Waals surface area contributed by atoms with E-state index in [1.807, 2.05) is 0 Å². The largest absolute Gasteiger partial charge is 0.362 e. The summed E-state index contributed by atoms with van der Waals surface area (Å²) in [6, 6.07) is 0.0803. The Bertz CT molecular complexity index is 443. The Morgan fingerprint density at radius 1 is 1.32 bits per heavy atom. The third kappa shape index (κ3) is 5.23. The van der Waals surface area contributed by atoms with Crippen LogP contribution in [-0.2, 0) is 6.54 Å². The van der Waals surface area contributed by atoms with E-state index < -0.39 is 0 Å². The first-order valence-electron chi connectivity index (χ1n) is 6.82. The number of anilines is 1. The van der Waals surface area contributed by atoms with Gasteiger partial charge in [-0.25, -0.2) is 4.98 Å². The zero-order valence-electron chi connectivity index (χ0n) is 12.2. The molecule has 0 aliphatic heterocycles. The van der Waals surface area contributed by atoms with E-state index in [1.54, 1.807) is 17.0 Å². The van der Waals surface area contributed by atoms with Gasteiger partial charge in [0.15, 0.2) is 5.82 Å². The molecule has 1 N–H and O–H groups in total. The van der Waals surface area contributed by atoms with E-state index in [-0.39, 0.29) is 11.6 Å². The van der Waals surface area contributed by atoms with Gasteiger partial charge in [-0.1, -0.05) is 27.7 Å². The van der Waals surface area contributed by atoms with Gasteiger partial charge >= 0.3 is 0 Å². The third-order valence-corrected chi connectivity index (χ3v) is 3.13. The molecule has 0 spiro atoms. The van der Waals surface area contributed by atoms with Gasteiger partial charge in [-0.3, -0.25) is 4.79 Å². The lowest BCUT2D eigenvalue weighted by molar-refractivity contribution is 0.507. The number of rotatable bonds is 7. The van der Waals surface area contributed by atoms with Gasteiger partial charge in [0, 0.05) is 30.9 Å². The van der Waals surface area contributed by atoms with E-state index >= 15 is 0 Å². The van der Waals surface area contributed by atoms with Crippen LogP contribution in [0.5, 0.6) is 0 Å². The Labute approximate surface area is 120 Å². The summed E-state index contributed by atoms with van der Waals surface area (Å²) in [5, 5.41) is 3.17. The van der Waals surface area contributed by atoms with Crippen LogP contribution in [0.3, 0.4) is 0 Å². The average molecular weight is 286 g/mol. The predicted octanol–water partition coefficient (Wildman–Crippen LogP) is 2.96. The van der Waals surface area contributed by atoms with Crippen LogP contribution in [-0.4, -0.2) is 21.5 Å². The highest BCUT2D eigenvalue weighted by Gasteiger charge is 2.13. The molecule has 0 radical (unpaired) electrons. The summed E-state index contributed by atoms with van der Waals surface area (Å²) in [5.74, 6) is 1.82. The molecule has 0 aromatic carbocycles. The van der Waals surface area contributed by atoms with E-state index in [0.717, 1.165) is 6.42 Å². The lowest BCUT2D eigenvalue weighted by Gasteiger charge is -2.19. The Morgan fingerprint density at radius 3 is 2.53 bits per heavy atom. The summed E-state index contributed by atoms with van der Waals surface area (Å²) in [5.41, 5.74) is -0.0740. The lowest BCUT2D eigenvalue weighted by Crippen LogP contribution is -2.31. The van der Waals surface area contributed by atoms with Crippen molar-refractivity contribution in [3.05, 3.63) is 22.7 Å². The van der Waals surface area contributed by atoms with Gasteiger partial charge in [0.2, 0.25) is 0 Å². The van der Waals surface area contributed by atoms with Gasteiger partial charge in [0.25, 0.3) is 5.56 Å². The van der Waals surface area contributed by atoms with Crippen LogP contribution in [0.4, 0.5) is 5.82 Å². The molecular formula is C14H24ClN3O. The number of aromatic nitrogens is 2. The fourth-order valence-electron chi connectivity index (χ4n) is 2.01. The molecule has 4 nitrogen and oxygen atoms in total. The Kier molecular flexibility index (Phi) is 6.35. The Balaban J connectivity index is 2.86. The van der Waals surface area contributed by atoms with Crippen LogP contribution in [0.15, 0.2) is 17.2 Å². The molecule has 1 rings (SSSR count). The maximum atomic E-state index is 12.2. The zero-order valence-corrected chi connectivity index (χ0v) is 12.9. The average Bonchev–Trinajstić information content (AvgIpc) is 2.32. The summed E-state index contributed by atoms with van der Waals surface area (Å²) in [4.78, 5) is 16.4. The summed E-state index contributed by atoms with van der Waals surface area (Å²) in [7, 11) is 0. The van der Waals surface area contributed by atoms with Crippen molar-refractivity contribution in [2.45, 2.75) is 46.7 Å². The summed E-state index contributed by atoms with van der Waals surface area (Å²) >= 11 is 5.94. The third-order valence-electron chi connectivity index (χ3n) is 2.76. The van der Waals surface area contributed by atoms with E-state index in [2.05, 4.69) is 38.0 Å². The van der Waals surface area contributed by atoms with Crippen molar-refractivity contribution >= 4 is 17.4 Å². The topological polar surface area (TPSA) is 46.9 Å². The molecule has 19 heavy (non-hydrogen) atoms. The maximum Gasteiger partial charge on any atom is 0.293 e. The number of nitrogens with one attached hydrogen (secondary N) is 1. The quantitative estimate of drug-likeness (QED) is 0.784. The Hall–Kier alpha value is -1.03. The van der Waals surface area contributed by atoms with Gasteiger partial charge < -0.3 is 9.88 Å². The van der Waals surface area contributed by atoms with Crippen LogP contribution in [0, 0.1) is 11.8 Å². The lowest BCUT2D eigenvalue weighted by atomic mass is 10.1. The summed E-state index contributed by atoms with van der Waals surface area (Å²) in [6.07, 6.45) is 4.31. The molecule has 0 fully saturated rings. The van der Waals surface area contributed by atoms with Crippen LogP contribution < -0.4 is 10.9 Å². The highest BCUT2D eigenvalue weighted by molar-refractivity contribution is 6.18. The second-order valence-corrected chi connectivity index (χ2v) is 6.06. The first-order chi connectivity index (χ1) is 8.93. The maximum absolute atomic E-state index is 12.2. The smallest absolute Gasteiger partial charge is 0.293 e. The molecular weight excluding hydrogens is 262 g/mol. The minimum Gasteiger partial charge on any atom is -0.362 e. The van der Waals surface area contributed by atoms with Crippen molar-refractivity contribution in [1.29, 1.82) is 0 Å². The van der Waals surface area contributed by atoms with Crippen molar-refractivity contribution in [1.82, 2.24) is 9.55 Å². The Morgan fingerprint density at radius 2 is 2.00 bits per heavy atom. The number of halogens is 1. The molecule has 0 amide bonds. The van der Waals surface area contributed by atoms with E-state index in [9.17, 15) is 4.79 Å². The molecule has 5 heteroatoms. The van der Waals surface area contributed by atoms with Crippen molar-refractivity contribution < 1.29 is 0 Å². The number of alkyl halides is 1. The van der Waals surface area contributed by atoms with Gasteiger partial charge in [0.05, 0.1) is 0 Å². The predicted molar refractivity (Wildman–Crippen MR) is 80.9 cm³/mol. The molecule has 1 heterocycles. The van der Waals surface area contributed by atoms with Crippen molar-refractivity contribution in [3.63, 3.8) is 0 Å². The molecule has 0 saturated heterocycles. The minimum absolute atomic E-state index is 0.0740. The standard InChI is InChI=1S/C14H24ClN3O/c1-10(2)7-12(8-15)17-13-14(19)18(6-5-16-13)9-11(3)4/h5-6,10-12H,7-9H2,1-4H3,(H,16,17). The van der Waals surface area contributed by atoms with Crippen LogP contribution in [0.25, 0.3) is 0 Å². The van der Waals surface area contributed by atoms with E-state index in [4.69, 9.17) is 11.6 Å². The van der Waals surface area contributed by atoms with Crippen LogP contribution in [0.2, 0.25) is 0 Å². The molecule has 108 valence electrons. The van der Waals surface area contributed by atoms with Gasteiger partial charge in [-0.2, -0.15) is 0 Å². The van der Waals surface area contributed by atoms with Crippen LogP contribution in [0.1, 0.15) is 34.1 Å². The van der Waals surface area contributed by atoms with E-state index in [0.29, 0.717) is 30.1 Å². The highest BCUT2D eigenvalue weighted by atomic mass is 35.5. The fraction of sp³-hybridized carbons (Fsp3) is 0.714. The second kappa shape index (κ2) is 7.53. The first kappa shape index (κ1) is 16.0. The molecule has 1 aromatic heterocycles. The van der Waals surface area contributed by atoms with Crippen LogP contribution >= 0.6 is 11.6 Å². The fourth-order valence-corrected chi connectivity index (χ4v) is 2.21. The second-order valence-electron chi connectivity index (χ2n) is 5.75. The van der Waals surface area contributed by atoms with Gasteiger partial charge in [-0.05, 0) is 18.3 Å². The SMILES string of the molecule is CC(C)CC(CCl)Nc1nccn(CC(C)C)c1=O. The number of hydrogen-bond donors (Lipinski definition) is 1. The highest BCUT2D eigenvalue weighted by Crippen LogP contribution is 2.10. The summed E-state index contributed by atoms with van der Waals surface area (Å²) in [6.45, 7) is 9.14. The van der Waals surface area contributed by atoms with E-state index in [1.165, 1.54) is 0 Å². The van der Waals surface area contributed by atoms with Crippen molar-refractivity contribution in [3.8, 4) is 0 Å². The zero-order chi connectivity index (χ0) is 14.4. The molecule has 1 aromatic rings. The molecule has 0 saturated carbocycles. The van der Waals surface area contributed by atoms with Crippen molar-refractivity contribution in [2.24, 2.45) is 11.8 Å². The van der Waals surface area contributed by atoms with Gasteiger partial charge in [0.1, 0.15) is 0 Å². The van der Waals surface area contributed by atoms with Gasteiger partial charge in [-0.15, -0.1) is 11.6 Å². The number of nitrogens with zero attached hydrogens (tertiary/aromatic N) is 2. The first-order valence-corrected chi connectivity index (χ1v) is 7.35. The minimum atomic E-state index is -0.0740. The monoisotopic (exact) mass is 285 g/mol. The molecule has 1 atom stereocenters.